The fourth-order valence-electron chi connectivity index (χ4n) is 19.0. The first kappa shape index (κ1) is 56.0. The zero-order valence-electron chi connectivity index (χ0n) is 56.2. The highest BCUT2D eigenvalue weighted by molar-refractivity contribution is 7.00. The van der Waals surface area contributed by atoms with Gasteiger partial charge in [0.15, 0.2) is 0 Å². The Hall–Kier alpha value is -13.8. The molecule has 8 heterocycles. The molecule has 0 radical (unpaired) electrons. The van der Waals surface area contributed by atoms with Crippen LogP contribution in [-0.2, 0) is 0 Å². The molecule has 0 fully saturated rings. The molecule has 0 aliphatic carbocycles. The fraction of sp³-hybridized carbons (Fsp3) is 0. The van der Waals surface area contributed by atoms with Crippen LogP contribution >= 0.6 is 0 Å². The Bertz CT molecular complexity index is 6990. The molecule has 24 rings (SSSR count). The van der Waals surface area contributed by atoms with E-state index in [0.717, 1.165) is 112 Å². The van der Waals surface area contributed by atoms with E-state index in [1.165, 1.54) is 97.6 Å². The minimum Gasteiger partial charge on any atom is -0.311 e. The smallest absolute Gasteiger partial charge is 0.252 e. The SMILES string of the molecule is c1ccc(-n2c3ccccc3c3cc4c(cc32)B2c3cc5c(cc3N(c3cccc6c3c3ccccc3n6-c3ccccc3)c3cc(-c6cc7c8ccccc8n8c9ccccc9c(c6)c78)cc(c32)N4c2cccc3c2c2ccccc2n3-c2ccccc2)c2ccccc2n5-c2ccccc2)cc1. The van der Waals surface area contributed by atoms with Crippen LogP contribution in [0.15, 0.2) is 352 Å². The topological polar surface area (TPSA) is 30.6 Å². The van der Waals surface area contributed by atoms with Crippen LogP contribution in [0.2, 0.25) is 0 Å². The van der Waals surface area contributed by atoms with Crippen LogP contribution in [0.1, 0.15) is 0 Å². The molecular formula is C96H58BN7. The van der Waals surface area contributed by atoms with Gasteiger partial charge in [0.25, 0.3) is 6.71 Å². The maximum Gasteiger partial charge on any atom is 0.252 e. The summed E-state index contributed by atoms with van der Waals surface area (Å²) in [6.07, 6.45) is 0. The molecule has 2 aliphatic rings. The Labute approximate surface area is 597 Å². The second-order valence-corrected chi connectivity index (χ2v) is 28.3. The lowest BCUT2D eigenvalue weighted by atomic mass is 9.33. The summed E-state index contributed by atoms with van der Waals surface area (Å²) < 4.78 is 12.5. The first-order valence-electron chi connectivity index (χ1n) is 36.0. The van der Waals surface area contributed by atoms with Gasteiger partial charge >= 0.3 is 0 Å². The minimum atomic E-state index is -0.301. The van der Waals surface area contributed by atoms with Crippen LogP contribution in [-0.4, -0.2) is 29.4 Å². The molecule has 480 valence electrons. The molecule has 2 aliphatic heterocycles. The molecule has 0 N–H and O–H groups in total. The highest BCUT2D eigenvalue weighted by Crippen LogP contribution is 2.54. The van der Waals surface area contributed by atoms with E-state index in [9.17, 15) is 0 Å². The van der Waals surface area contributed by atoms with Crippen molar-refractivity contribution in [2.24, 2.45) is 0 Å². The third kappa shape index (κ3) is 7.44. The summed E-state index contributed by atoms with van der Waals surface area (Å²) in [7, 11) is 0. The van der Waals surface area contributed by atoms with Crippen LogP contribution in [0, 0.1) is 0 Å². The number of hydrogen-bond acceptors (Lipinski definition) is 2. The molecule has 0 spiro atoms. The number of anilines is 6. The van der Waals surface area contributed by atoms with Gasteiger partial charge in [-0.15, -0.1) is 0 Å². The summed E-state index contributed by atoms with van der Waals surface area (Å²) >= 11 is 0. The molecular weight excluding hydrogens is 1260 g/mol. The van der Waals surface area contributed by atoms with Crippen LogP contribution in [0.4, 0.5) is 34.1 Å². The molecule has 22 aromatic rings. The average molecular weight is 1320 g/mol. The van der Waals surface area contributed by atoms with E-state index >= 15 is 0 Å². The van der Waals surface area contributed by atoms with Crippen molar-refractivity contribution in [3.05, 3.63) is 352 Å². The van der Waals surface area contributed by atoms with Gasteiger partial charge in [0.05, 0.1) is 72.1 Å². The fourth-order valence-corrected chi connectivity index (χ4v) is 19.0. The predicted molar refractivity (Wildman–Crippen MR) is 438 cm³/mol. The number of nitrogens with zero attached hydrogens (tertiary/aromatic N) is 7. The Morgan fingerprint density at radius 1 is 0.192 bits per heavy atom. The lowest BCUT2D eigenvalue weighted by molar-refractivity contribution is 1.18. The van der Waals surface area contributed by atoms with E-state index in [2.05, 4.69) is 384 Å². The summed E-state index contributed by atoms with van der Waals surface area (Å²) in [6, 6.07) is 133. The first-order valence-corrected chi connectivity index (χ1v) is 36.0. The van der Waals surface area contributed by atoms with Crippen LogP contribution < -0.4 is 26.2 Å². The number of fused-ring (bicyclic) bond motifs is 22. The van der Waals surface area contributed by atoms with Crippen molar-refractivity contribution < 1.29 is 0 Å². The molecule has 0 saturated heterocycles. The van der Waals surface area contributed by atoms with E-state index in [1.807, 2.05) is 0 Å². The quantitative estimate of drug-likeness (QED) is 0.149. The van der Waals surface area contributed by atoms with Gasteiger partial charge in [-0.1, -0.05) is 194 Å². The average Bonchev–Trinajstić information content (AvgIpc) is 1.20. The number of para-hydroxylation sites is 10. The summed E-state index contributed by atoms with van der Waals surface area (Å²) in [5.41, 5.74) is 30.1. The molecule has 16 aromatic carbocycles. The lowest BCUT2D eigenvalue weighted by Gasteiger charge is -2.45. The number of hydrogen-bond donors (Lipinski definition) is 0. The zero-order chi connectivity index (χ0) is 67.6. The first-order chi connectivity index (χ1) is 51.7. The Kier molecular flexibility index (Phi) is 11.3. The molecule has 0 atom stereocenters. The normalized spacial score (nSPS) is 12.9. The second-order valence-electron chi connectivity index (χ2n) is 28.3. The van der Waals surface area contributed by atoms with Gasteiger partial charge in [0, 0.05) is 110 Å². The van der Waals surface area contributed by atoms with Crippen molar-refractivity contribution >= 4 is 183 Å². The summed E-state index contributed by atoms with van der Waals surface area (Å²) in [4.78, 5) is 5.41. The molecule has 6 aromatic heterocycles. The molecule has 0 amide bonds. The van der Waals surface area contributed by atoms with E-state index in [0.29, 0.717) is 0 Å². The number of benzene rings is 16. The minimum absolute atomic E-state index is 0.301. The van der Waals surface area contributed by atoms with Crippen molar-refractivity contribution in [1.82, 2.24) is 22.7 Å². The molecule has 0 unspecified atom stereocenters. The molecule has 0 saturated carbocycles. The van der Waals surface area contributed by atoms with Crippen molar-refractivity contribution in [2.75, 3.05) is 9.80 Å². The number of rotatable bonds is 7. The van der Waals surface area contributed by atoms with Gasteiger partial charge in [-0.05, 0) is 185 Å². The van der Waals surface area contributed by atoms with E-state index in [1.54, 1.807) is 0 Å². The zero-order valence-corrected chi connectivity index (χ0v) is 56.2. The third-order valence-electron chi connectivity index (χ3n) is 23.1. The highest BCUT2D eigenvalue weighted by Gasteiger charge is 2.46. The standard InChI is InChI=1S/C96H58BN7/c1-5-27-61(28-6-1)98-81-45-23-17-39-69(81)93-83(98)47-25-49-85(93)102-89-55-71-65-35-13-19-41-77(65)100(63-31-9-3-10-32-63)87(71)57-75(89)97-76-58-88-72(66-36-14-20-42-78(66)101(88)64-33-11-4-12-34-64)56-90(76)103(86-50-26-48-84-94(86)70-40-18-24-46-82(70)99(84)62-29-7-2-8-30-62)92-54-60(53-91(102)95(92)97)59-51-73-67-37-15-21-43-79(67)104-80-44-22-16-38-68(80)74(52-59)96(73)104/h1-58H. The van der Waals surface area contributed by atoms with Gasteiger partial charge in [0.1, 0.15) is 0 Å². The van der Waals surface area contributed by atoms with Gasteiger partial charge < -0.3 is 32.5 Å². The molecule has 7 nitrogen and oxygen atoms in total. The van der Waals surface area contributed by atoms with Gasteiger partial charge in [0.2, 0.25) is 0 Å². The summed E-state index contributed by atoms with van der Waals surface area (Å²) in [5.74, 6) is 0. The van der Waals surface area contributed by atoms with E-state index in [-0.39, 0.29) is 6.71 Å². The van der Waals surface area contributed by atoms with Crippen LogP contribution in [0.25, 0.3) is 159 Å². The molecule has 104 heavy (non-hydrogen) atoms. The molecule has 8 heteroatoms. The molecule has 0 bridgehead atoms. The van der Waals surface area contributed by atoms with Crippen molar-refractivity contribution in [1.29, 1.82) is 0 Å². The monoisotopic (exact) mass is 1320 g/mol. The highest BCUT2D eigenvalue weighted by atomic mass is 15.2. The third-order valence-corrected chi connectivity index (χ3v) is 23.1. The van der Waals surface area contributed by atoms with Gasteiger partial charge in [-0.3, -0.25) is 0 Å². The largest absolute Gasteiger partial charge is 0.311 e. The van der Waals surface area contributed by atoms with Crippen molar-refractivity contribution in [3.8, 4) is 33.9 Å². The van der Waals surface area contributed by atoms with Crippen LogP contribution in [0.5, 0.6) is 0 Å². The Morgan fingerprint density at radius 2 is 0.500 bits per heavy atom. The van der Waals surface area contributed by atoms with Crippen molar-refractivity contribution in [2.45, 2.75) is 0 Å². The van der Waals surface area contributed by atoms with Gasteiger partial charge in [-0.2, -0.15) is 0 Å². The Morgan fingerprint density at radius 3 is 0.894 bits per heavy atom. The summed E-state index contributed by atoms with van der Waals surface area (Å²) in [5, 5.41) is 14.5. The van der Waals surface area contributed by atoms with Gasteiger partial charge in [-0.25, -0.2) is 0 Å². The van der Waals surface area contributed by atoms with E-state index in [4.69, 9.17) is 0 Å². The lowest BCUT2D eigenvalue weighted by Crippen LogP contribution is -2.61. The van der Waals surface area contributed by atoms with E-state index < -0.39 is 0 Å². The summed E-state index contributed by atoms with van der Waals surface area (Å²) in [6.45, 7) is -0.301. The predicted octanol–water partition coefficient (Wildman–Crippen LogP) is 23.0. The van der Waals surface area contributed by atoms with Crippen molar-refractivity contribution in [3.63, 3.8) is 0 Å². The maximum absolute atomic E-state index is 2.70. The number of aromatic nitrogens is 5. The Balaban J connectivity index is 0.913. The second kappa shape index (κ2) is 20.9. The maximum atomic E-state index is 2.70. The van der Waals surface area contributed by atoms with Crippen LogP contribution in [0.3, 0.4) is 0 Å².